The van der Waals surface area contributed by atoms with Crippen LogP contribution in [0.1, 0.15) is 74.9 Å². The molecule has 2 heterocycles. The predicted molar refractivity (Wildman–Crippen MR) is 410 cm³/mol. The molecule has 0 fully saturated rings. The fourth-order valence-electron chi connectivity index (χ4n) is 11.8. The fraction of sp³-hybridized carbons (Fsp3) is 0.186. The molecule has 0 atom stereocenters. The number of amides is 4. The third-order valence-corrected chi connectivity index (χ3v) is 17.3. The second kappa shape index (κ2) is 34.9. The summed E-state index contributed by atoms with van der Waals surface area (Å²) < 4.78 is 38.3. The van der Waals surface area contributed by atoms with E-state index >= 15 is 0 Å². The molecule has 4 amide bonds. The van der Waals surface area contributed by atoms with Crippen LogP contribution in [0, 0.1) is 13.8 Å². The lowest BCUT2D eigenvalue weighted by Gasteiger charge is -2.25. The van der Waals surface area contributed by atoms with E-state index in [9.17, 15) is 33.9 Å². The van der Waals surface area contributed by atoms with Crippen molar-refractivity contribution in [3.05, 3.63) is 275 Å². The van der Waals surface area contributed by atoms with E-state index in [0.717, 1.165) is 38.9 Å². The molecule has 12 aromatic rings. The molecule has 2 aromatic heterocycles. The molecule has 548 valence electrons. The average molecular weight is 1450 g/mol. The van der Waals surface area contributed by atoms with Gasteiger partial charge < -0.3 is 58.3 Å². The first-order valence-corrected chi connectivity index (χ1v) is 34.5. The van der Waals surface area contributed by atoms with Crippen molar-refractivity contribution in [2.75, 3.05) is 52.2 Å². The molecule has 0 aliphatic carbocycles. The van der Waals surface area contributed by atoms with E-state index < -0.39 is 30.0 Å². The first-order chi connectivity index (χ1) is 52.1. The second-order valence-electron chi connectivity index (χ2n) is 26.3. The van der Waals surface area contributed by atoms with E-state index in [2.05, 4.69) is 93.3 Å². The summed E-state index contributed by atoms with van der Waals surface area (Å²) in [6.45, 7) is 8.84. The number of anilines is 2. The van der Waals surface area contributed by atoms with Crippen molar-refractivity contribution >= 4 is 46.9 Å². The van der Waals surface area contributed by atoms with Crippen LogP contribution >= 0.6 is 0 Å². The number of aryl methyl sites for hydroxylation is 2. The Bertz CT molecular complexity index is 5070. The zero-order chi connectivity index (χ0) is 76.4. The maximum Gasteiger partial charge on any atom is 0.326 e. The lowest BCUT2D eigenvalue weighted by molar-refractivity contribution is -0.155. The van der Waals surface area contributed by atoms with E-state index in [-0.39, 0.29) is 55.8 Å². The van der Waals surface area contributed by atoms with Crippen molar-refractivity contribution < 1.29 is 66.6 Å². The van der Waals surface area contributed by atoms with Crippen molar-refractivity contribution in [3.8, 4) is 90.9 Å². The SMILES string of the molecule is COc1cccc(OC)c1CC(=O)Nc1ccc(C(=O)N(CC(=O)O)Cc2ccc(-c3nc(-c4ccc(-c5ccc(C)cc5)cc4)no3)cc2)cc1.COc1cccc(OC)c1CC(=O)Nc1ccc(C(=O)N(CC(=O)OC(C)(C)C)Cc2ccc(-c3nc(-c4ccc(-c5ccc(C)cc5)cc4)no3)cc2)cc1. The lowest BCUT2D eigenvalue weighted by atomic mass is 10.0. The van der Waals surface area contributed by atoms with E-state index in [4.69, 9.17) is 32.7 Å². The molecule has 0 spiro atoms. The van der Waals surface area contributed by atoms with Gasteiger partial charge in [0.25, 0.3) is 23.6 Å². The Kier molecular flexibility index (Phi) is 24.4. The number of carboxylic acid groups (broad SMARTS) is 1. The second-order valence-corrected chi connectivity index (χ2v) is 26.3. The van der Waals surface area contributed by atoms with Gasteiger partial charge in [0.05, 0.1) is 41.3 Å². The number of hydrogen-bond donors (Lipinski definition) is 3. The first-order valence-electron chi connectivity index (χ1n) is 34.5. The number of aliphatic carboxylic acids is 1. The Morgan fingerprint density at radius 1 is 0.407 bits per heavy atom. The number of ether oxygens (including phenoxy) is 5. The highest BCUT2D eigenvalue weighted by molar-refractivity contribution is 5.99. The Balaban J connectivity index is 0.000000215. The molecule has 0 aliphatic heterocycles. The van der Waals surface area contributed by atoms with Crippen molar-refractivity contribution in [1.29, 1.82) is 0 Å². The van der Waals surface area contributed by atoms with Gasteiger partial charge in [-0.15, -0.1) is 0 Å². The summed E-state index contributed by atoms with van der Waals surface area (Å²) in [4.78, 5) is 89.7. The van der Waals surface area contributed by atoms with Gasteiger partial charge in [0.15, 0.2) is 0 Å². The van der Waals surface area contributed by atoms with Crippen molar-refractivity contribution in [1.82, 2.24) is 30.1 Å². The maximum atomic E-state index is 13.9. The smallest absolute Gasteiger partial charge is 0.326 e. The number of nitrogens with one attached hydrogen (secondary N) is 2. The number of methoxy groups -OCH3 is 4. The monoisotopic (exact) mass is 1450 g/mol. The van der Waals surface area contributed by atoms with E-state index in [1.54, 1.807) is 130 Å². The third kappa shape index (κ3) is 19.9. The largest absolute Gasteiger partial charge is 0.496 e. The van der Waals surface area contributed by atoms with Crippen LogP contribution in [0.15, 0.2) is 240 Å². The number of benzene rings is 10. The molecule has 10 aromatic carbocycles. The van der Waals surface area contributed by atoms with Crippen LogP contribution in [0.2, 0.25) is 0 Å². The number of rotatable bonds is 26. The molecule has 0 aliphatic rings. The van der Waals surface area contributed by atoms with Crippen LogP contribution in [0.25, 0.3) is 67.9 Å². The number of aromatic nitrogens is 4. The van der Waals surface area contributed by atoms with E-state index in [0.29, 0.717) is 91.2 Å². The summed E-state index contributed by atoms with van der Waals surface area (Å²) in [7, 11) is 6.11. The molecule has 0 radical (unpaired) electrons. The molecule has 0 saturated carbocycles. The molecule has 108 heavy (non-hydrogen) atoms. The number of nitrogens with zero attached hydrogens (tertiary/aromatic N) is 6. The van der Waals surface area contributed by atoms with Gasteiger partial charge in [-0.2, -0.15) is 9.97 Å². The Morgan fingerprint density at radius 3 is 1.05 bits per heavy atom. The molecule has 0 saturated heterocycles. The normalized spacial score (nSPS) is 10.9. The highest BCUT2D eigenvalue weighted by Gasteiger charge is 2.26. The standard InChI is InChI=1S/C45H44N4O7.C41H36N4O7/c1-29-10-14-31(15-11-29)32-18-20-33(21-19-32)42-47-43(56-48-42)34-16-12-30(13-17-34)27-49(28-41(51)55-45(2,3)4)44(52)35-22-24-36(25-23-35)46-40(50)26-37-38(53-5)8-7-9-39(37)54-6;1-26-7-11-28(12-8-26)29-15-17-30(18-16-29)39-43-40(52-44-39)31-13-9-27(10-14-31)24-45(25-38(47)48)41(49)32-19-21-33(22-20-32)42-37(46)23-34-35(50-2)5-4-6-36(34)51-3/h7-25H,26-28H2,1-6H3,(H,46,50);4-22H,23-25H2,1-3H3,(H,42,46)(H,47,48). The van der Waals surface area contributed by atoms with Gasteiger partial charge in [-0.3, -0.25) is 28.8 Å². The molecular weight excluding hydrogens is 1370 g/mol. The van der Waals surface area contributed by atoms with Gasteiger partial charge in [-0.05, 0) is 165 Å². The summed E-state index contributed by atoms with van der Waals surface area (Å²) in [6.07, 6.45) is 0.0300. The molecular formula is C86H80N8O14. The van der Waals surface area contributed by atoms with Gasteiger partial charge in [0, 0.05) is 69.0 Å². The topological polar surface area (TPSA) is 277 Å². The summed E-state index contributed by atoms with van der Waals surface area (Å²) in [5.74, 6) is 0.618. The van der Waals surface area contributed by atoms with Crippen LogP contribution in [0.5, 0.6) is 23.0 Å². The van der Waals surface area contributed by atoms with Crippen molar-refractivity contribution in [3.63, 3.8) is 0 Å². The number of carbonyl (C=O) groups is 6. The van der Waals surface area contributed by atoms with Crippen molar-refractivity contribution in [2.24, 2.45) is 0 Å². The Labute approximate surface area is 624 Å². The average Bonchev–Trinajstić information content (AvgIpc) is 1.58. The number of hydrogen-bond acceptors (Lipinski definition) is 17. The zero-order valence-corrected chi connectivity index (χ0v) is 61.1. The number of esters is 1. The Morgan fingerprint density at radius 2 is 0.722 bits per heavy atom. The fourth-order valence-corrected chi connectivity index (χ4v) is 11.8. The molecule has 22 nitrogen and oxygen atoms in total. The minimum absolute atomic E-state index is 0.00940. The number of carbonyl (C=O) groups excluding carboxylic acids is 5. The molecule has 12 rings (SSSR count). The summed E-state index contributed by atoms with van der Waals surface area (Å²) >= 11 is 0. The molecule has 22 heteroatoms. The molecule has 3 N–H and O–H groups in total. The summed E-state index contributed by atoms with van der Waals surface area (Å²) in [6, 6.07) is 70.5. The van der Waals surface area contributed by atoms with Crippen LogP contribution in [-0.4, -0.2) is 118 Å². The zero-order valence-electron chi connectivity index (χ0n) is 61.1. The minimum atomic E-state index is -1.15. The summed E-state index contributed by atoms with van der Waals surface area (Å²) in [5, 5.41) is 23.6. The minimum Gasteiger partial charge on any atom is -0.496 e. The molecule has 0 bridgehead atoms. The quantitative estimate of drug-likeness (QED) is 0.0425. The summed E-state index contributed by atoms with van der Waals surface area (Å²) in [5.41, 5.74) is 13.4. The first kappa shape index (κ1) is 75.7. The molecule has 0 unspecified atom stereocenters. The van der Waals surface area contributed by atoms with Gasteiger partial charge in [-0.25, -0.2) is 0 Å². The van der Waals surface area contributed by atoms with Crippen LogP contribution in [0.4, 0.5) is 11.4 Å². The van der Waals surface area contributed by atoms with E-state index in [1.807, 2.05) is 72.8 Å². The number of carboxylic acids is 1. The van der Waals surface area contributed by atoms with Gasteiger partial charge in [0.2, 0.25) is 23.5 Å². The third-order valence-electron chi connectivity index (χ3n) is 17.3. The highest BCUT2D eigenvalue weighted by Crippen LogP contribution is 2.33. The van der Waals surface area contributed by atoms with Crippen LogP contribution in [0.3, 0.4) is 0 Å². The highest BCUT2D eigenvalue weighted by atomic mass is 16.6. The van der Waals surface area contributed by atoms with Gasteiger partial charge in [-0.1, -0.05) is 155 Å². The van der Waals surface area contributed by atoms with Gasteiger partial charge >= 0.3 is 11.9 Å². The van der Waals surface area contributed by atoms with E-state index in [1.165, 1.54) is 49.4 Å². The predicted octanol–water partition coefficient (Wildman–Crippen LogP) is 15.9. The van der Waals surface area contributed by atoms with Crippen LogP contribution < -0.4 is 29.6 Å². The van der Waals surface area contributed by atoms with Crippen LogP contribution in [-0.2, 0) is 49.8 Å². The lowest BCUT2D eigenvalue weighted by Crippen LogP contribution is -2.38. The van der Waals surface area contributed by atoms with Crippen molar-refractivity contribution in [2.45, 2.75) is 66.2 Å². The maximum absolute atomic E-state index is 13.9. The Hall–Kier alpha value is -13.5. The van der Waals surface area contributed by atoms with Gasteiger partial charge in [0.1, 0.15) is 41.7 Å².